The Hall–Kier alpha value is -2.88. The fraction of sp³-hybridized carbons (Fsp3) is 0.200. The summed E-state index contributed by atoms with van der Waals surface area (Å²) in [7, 11) is 1.31. The van der Waals surface area contributed by atoms with E-state index < -0.39 is 5.97 Å². The van der Waals surface area contributed by atoms with Crippen LogP contribution < -0.4 is 4.90 Å². The minimum absolute atomic E-state index is 0.131. The highest BCUT2D eigenvalue weighted by atomic mass is 16.5. The van der Waals surface area contributed by atoms with Crippen LogP contribution in [0.3, 0.4) is 0 Å². The first-order chi connectivity index (χ1) is 11.6. The lowest BCUT2D eigenvalue weighted by molar-refractivity contribution is -0.140. The van der Waals surface area contributed by atoms with Crippen LogP contribution in [0.15, 0.2) is 55.1 Å². The summed E-state index contributed by atoms with van der Waals surface area (Å²) in [6, 6.07) is 15.1. The molecule has 124 valence electrons. The average Bonchev–Trinajstić information content (AvgIpc) is 2.60. The van der Waals surface area contributed by atoms with Gasteiger partial charge >= 0.3 is 5.97 Å². The van der Waals surface area contributed by atoms with Gasteiger partial charge in [0.25, 0.3) is 0 Å². The van der Waals surface area contributed by atoms with Crippen molar-refractivity contribution >= 4 is 23.6 Å². The zero-order chi connectivity index (χ0) is 17.5. The molecule has 0 aliphatic rings. The number of amides is 1. The Morgan fingerprint density at radius 3 is 2.46 bits per heavy atom. The van der Waals surface area contributed by atoms with Gasteiger partial charge in [0.1, 0.15) is 6.54 Å². The minimum Gasteiger partial charge on any atom is -0.468 e. The molecule has 24 heavy (non-hydrogen) atoms. The lowest BCUT2D eigenvalue weighted by atomic mass is 10.0. The zero-order valence-corrected chi connectivity index (χ0v) is 14.0. The maximum atomic E-state index is 12.9. The highest BCUT2D eigenvalue weighted by molar-refractivity contribution is 6.01. The van der Waals surface area contributed by atoms with E-state index in [4.69, 9.17) is 4.74 Å². The van der Waals surface area contributed by atoms with E-state index in [-0.39, 0.29) is 18.9 Å². The number of methoxy groups -OCH3 is 1. The Morgan fingerprint density at radius 1 is 1.12 bits per heavy atom. The van der Waals surface area contributed by atoms with Gasteiger partial charge in [-0.05, 0) is 23.6 Å². The second-order valence-corrected chi connectivity index (χ2v) is 5.44. The van der Waals surface area contributed by atoms with Crippen LogP contribution in [-0.4, -0.2) is 25.5 Å². The maximum Gasteiger partial charge on any atom is 0.325 e. The number of rotatable bonds is 6. The summed E-state index contributed by atoms with van der Waals surface area (Å²) in [5.41, 5.74) is 3.29. The van der Waals surface area contributed by atoms with Crippen LogP contribution >= 0.6 is 0 Å². The van der Waals surface area contributed by atoms with Crippen molar-refractivity contribution in [3.05, 3.63) is 71.8 Å². The van der Waals surface area contributed by atoms with Gasteiger partial charge < -0.3 is 9.64 Å². The Balaban J connectivity index is 2.40. The smallest absolute Gasteiger partial charge is 0.325 e. The van der Waals surface area contributed by atoms with E-state index in [1.165, 1.54) is 12.0 Å². The predicted octanol–water partition coefficient (Wildman–Crippen LogP) is 3.39. The van der Waals surface area contributed by atoms with Crippen LogP contribution in [0.25, 0.3) is 6.08 Å². The molecule has 0 saturated carbocycles. The summed E-state index contributed by atoms with van der Waals surface area (Å²) in [6.45, 7) is 5.58. The SMILES string of the molecule is C=Cc1cccc(C)c1N(CC(=O)OC)C(=O)Cc1ccccc1. The topological polar surface area (TPSA) is 46.6 Å². The van der Waals surface area contributed by atoms with Crippen molar-refractivity contribution in [2.24, 2.45) is 0 Å². The van der Waals surface area contributed by atoms with Gasteiger partial charge in [-0.3, -0.25) is 9.59 Å². The lowest BCUT2D eigenvalue weighted by Gasteiger charge is -2.25. The number of hydrogen-bond acceptors (Lipinski definition) is 3. The quantitative estimate of drug-likeness (QED) is 0.766. The fourth-order valence-electron chi connectivity index (χ4n) is 2.57. The molecule has 0 heterocycles. The number of aryl methyl sites for hydroxylation is 1. The second-order valence-electron chi connectivity index (χ2n) is 5.44. The van der Waals surface area contributed by atoms with Gasteiger partial charge in [-0.2, -0.15) is 0 Å². The molecule has 0 N–H and O–H groups in total. The number of ether oxygens (including phenoxy) is 1. The largest absolute Gasteiger partial charge is 0.468 e. The molecule has 2 rings (SSSR count). The van der Waals surface area contributed by atoms with Crippen molar-refractivity contribution in [2.75, 3.05) is 18.6 Å². The van der Waals surface area contributed by atoms with Crippen LogP contribution in [-0.2, 0) is 20.7 Å². The molecule has 1 amide bonds. The zero-order valence-electron chi connectivity index (χ0n) is 14.0. The maximum absolute atomic E-state index is 12.9. The Kier molecular flexibility index (Phi) is 5.90. The monoisotopic (exact) mass is 323 g/mol. The first-order valence-corrected chi connectivity index (χ1v) is 7.70. The van der Waals surface area contributed by atoms with Crippen LogP contribution in [0, 0.1) is 6.92 Å². The number of anilines is 1. The normalized spacial score (nSPS) is 10.1. The molecule has 0 spiro atoms. The Labute approximate surface area is 142 Å². The highest BCUT2D eigenvalue weighted by Crippen LogP contribution is 2.27. The van der Waals surface area contributed by atoms with Gasteiger partial charge in [0.2, 0.25) is 5.91 Å². The first kappa shape index (κ1) is 17.5. The highest BCUT2D eigenvalue weighted by Gasteiger charge is 2.23. The van der Waals surface area contributed by atoms with Gasteiger partial charge in [-0.25, -0.2) is 0 Å². The fourth-order valence-corrected chi connectivity index (χ4v) is 2.57. The second kappa shape index (κ2) is 8.11. The van der Waals surface area contributed by atoms with Gasteiger partial charge in [-0.1, -0.05) is 61.2 Å². The molecule has 2 aromatic rings. The van der Waals surface area contributed by atoms with Gasteiger partial charge in [0.15, 0.2) is 0 Å². The van der Waals surface area contributed by atoms with Gasteiger partial charge in [0.05, 0.1) is 19.2 Å². The van der Waals surface area contributed by atoms with Crippen LogP contribution in [0.2, 0.25) is 0 Å². The van der Waals surface area contributed by atoms with Crippen LogP contribution in [0.1, 0.15) is 16.7 Å². The molecule has 0 aliphatic heterocycles. The summed E-state index contributed by atoms with van der Waals surface area (Å²) < 4.78 is 4.76. The Bertz CT molecular complexity index is 738. The molecule has 0 saturated heterocycles. The average molecular weight is 323 g/mol. The third-order valence-electron chi connectivity index (χ3n) is 3.77. The van der Waals surface area contributed by atoms with E-state index in [0.29, 0.717) is 5.69 Å². The van der Waals surface area contributed by atoms with E-state index in [1.54, 1.807) is 6.08 Å². The number of hydrogen-bond donors (Lipinski definition) is 0. The van der Waals surface area contributed by atoms with E-state index in [9.17, 15) is 9.59 Å². The molecule has 0 radical (unpaired) electrons. The third kappa shape index (κ3) is 4.10. The summed E-state index contributed by atoms with van der Waals surface area (Å²) in [4.78, 5) is 26.2. The molecule has 0 aromatic heterocycles. The van der Waals surface area contributed by atoms with Crippen molar-refractivity contribution in [3.63, 3.8) is 0 Å². The van der Waals surface area contributed by atoms with E-state index in [1.807, 2.05) is 55.5 Å². The third-order valence-corrected chi connectivity index (χ3v) is 3.77. The van der Waals surface area contributed by atoms with Crippen molar-refractivity contribution in [1.82, 2.24) is 0 Å². The van der Waals surface area contributed by atoms with E-state index >= 15 is 0 Å². The van der Waals surface area contributed by atoms with Gasteiger partial charge in [0, 0.05) is 0 Å². The molecule has 0 aliphatic carbocycles. The lowest BCUT2D eigenvalue weighted by Crippen LogP contribution is -2.38. The standard InChI is InChI=1S/C20H21NO3/c1-4-17-12-8-9-15(2)20(17)21(14-19(23)24-3)18(22)13-16-10-6-5-7-11-16/h4-12H,1,13-14H2,2-3H3. The summed E-state index contributed by atoms with van der Waals surface area (Å²) in [5, 5.41) is 0. The number of esters is 1. The van der Waals surface area contributed by atoms with Crippen LogP contribution in [0.5, 0.6) is 0 Å². The molecule has 0 fully saturated rings. The molecule has 2 aromatic carbocycles. The molecule has 0 atom stereocenters. The van der Waals surface area contributed by atoms with Crippen molar-refractivity contribution in [3.8, 4) is 0 Å². The number of carbonyl (C=O) groups is 2. The number of benzene rings is 2. The van der Waals surface area contributed by atoms with Crippen molar-refractivity contribution < 1.29 is 14.3 Å². The van der Waals surface area contributed by atoms with Crippen molar-refractivity contribution in [1.29, 1.82) is 0 Å². The number of nitrogens with zero attached hydrogens (tertiary/aromatic N) is 1. The van der Waals surface area contributed by atoms with E-state index in [0.717, 1.165) is 16.7 Å². The number of para-hydroxylation sites is 1. The molecule has 4 nitrogen and oxygen atoms in total. The molecular weight excluding hydrogens is 302 g/mol. The predicted molar refractivity (Wildman–Crippen MR) is 95.8 cm³/mol. The summed E-state index contributed by atoms with van der Waals surface area (Å²) in [5.74, 6) is -0.626. The minimum atomic E-state index is -0.463. The molecule has 4 heteroatoms. The number of carbonyl (C=O) groups excluding carboxylic acids is 2. The van der Waals surface area contributed by atoms with Crippen molar-refractivity contribution in [2.45, 2.75) is 13.3 Å². The molecule has 0 bridgehead atoms. The Morgan fingerprint density at radius 2 is 1.83 bits per heavy atom. The van der Waals surface area contributed by atoms with Crippen LogP contribution in [0.4, 0.5) is 5.69 Å². The van der Waals surface area contributed by atoms with Gasteiger partial charge in [-0.15, -0.1) is 0 Å². The summed E-state index contributed by atoms with van der Waals surface area (Å²) >= 11 is 0. The van der Waals surface area contributed by atoms with E-state index in [2.05, 4.69) is 6.58 Å². The first-order valence-electron chi connectivity index (χ1n) is 7.70. The molecular formula is C20H21NO3. The summed E-state index contributed by atoms with van der Waals surface area (Å²) in [6.07, 6.45) is 1.89. The molecule has 0 unspecified atom stereocenters.